The summed E-state index contributed by atoms with van der Waals surface area (Å²) in [6.45, 7) is 14.2. The Morgan fingerprint density at radius 2 is 0.769 bits per heavy atom. The van der Waals surface area contributed by atoms with E-state index in [4.69, 9.17) is 0 Å². The molecule has 0 aromatic heterocycles. The lowest BCUT2D eigenvalue weighted by Gasteiger charge is -2.34. The summed E-state index contributed by atoms with van der Waals surface area (Å²) < 4.78 is 29.4. The molecule has 0 amide bonds. The zero-order valence-corrected chi connectivity index (χ0v) is 39.6. The van der Waals surface area contributed by atoms with E-state index in [0.717, 1.165) is 44.9 Å². The summed E-state index contributed by atoms with van der Waals surface area (Å²) in [4.78, 5) is 4.58. The normalized spacial score (nSPS) is 13.4. The highest BCUT2D eigenvalue weighted by Crippen LogP contribution is 2.65. The van der Waals surface area contributed by atoms with Crippen LogP contribution in [0.25, 0.3) is 33.0 Å². The van der Waals surface area contributed by atoms with Gasteiger partial charge in [0.15, 0.2) is 0 Å². The highest BCUT2D eigenvalue weighted by molar-refractivity contribution is 6.89. The molecule has 0 saturated heterocycles. The van der Waals surface area contributed by atoms with E-state index in [1.54, 1.807) is 24.3 Å². The molecule has 2 aliphatic carbocycles. The van der Waals surface area contributed by atoms with Gasteiger partial charge in [-0.1, -0.05) is 153 Å². The summed E-state index contributed by atoms with van der Waals surface area (Å²) in [7, 11) is -3.17. The summed E-state index contributed by atoms with van der Waals surface area (Å²) in [6.07, 6.45) is 0. The molecule has 0 radical (unpaired) electrons. The SMILES string of the molecule is C[Si](C)(C)c1ccc(N(c2ccc(F)cc2)c2ccc3c(c2)C2(c4ccccc4-c4ccccc42)c2cc(N(c4ccc(F)cc4)c4ccc([Si](C)(C)C)cc4)c4ccccc4c2-3)cc1. The smallest absolute Gasteiger partial charge is 0.123 e. The maximum absolute atomic E-state index is 14.8. The number of rotatable bonds is 8. The van der Waals surface area contributed by atoms with Gasteiger partial charge in [0.1, 0.15) is 11.6 Å². The summed E-state index contributed by atoms with van der Waals surface area (Å²) in [6, 6.07) is 67.7. The lowest BCUT2D eigenvalue weighted by molar-refractivity contribution is 0.627. The Bertz CT molecular complexity index is 3250. The number of fused-ring (bicyclic) bond motifs is 12. The molecule has 9 aromatic rings. The molecule has 0 bridgehead atoms. The molecule has 2 nitrogen and oxygen atoms in total. The molecule has 1 spiro atoms. The quantitative estimate of drug-likeness (QED) is 0.140. The van der Waals surface area contributed by atoms with Crippen LogP contribution in [0, 0.1) is 11.6 Å². The van der Waals surface area contributed by atoms with Gasteiger partial charge in [-0.25, -0.2) is 8.78 Å². The van der Waals surface area contributed by atoms with E-state index in [1.807, 2.05) is 24.3 Å². The van der Waals surface area contributed by atoms with E-state index in [1.165, 1.54) is 54.9 Å². The molecule has 9 aromatic carbocycles. The molecule has 2 aliphatic rings. The van der Waals surface area contributed by atoms with E-state index in [0.29, 0.717) is 0 Å². The van der Waals surface area contributed by atoms with E-state index in [9.17, 15) is 8.78 Å². The Labute approximate surface area is 383 Å². The Morgan fingerprint density at radius 1 is 0.354 bits per heavy atom. The molecule has 6 heteroatoms. The fourth-order valence-corrected chi connectivity index (χ4v) is 12.9. The van der Waals surface area contributed by atoms with Gasteiger partial charge in [0, 0.05) is 33.8 Å². The van der Waals surface area contributed by atoms with Crippen LogP contribution in [0.3, 0.4) is 0 Å². The van der Waals surface area contributed by atoms with Crippen molar-refractivity contribution in [1.82, 2.24) is 0 Å². The second-order valence-electron chi connectivity index (χ2n) is 19.7. The number of anilines is 6. The first-order valence-electron chi connectivity index (χ1n) is 22.6. The first-order chi connectivity index (χ1) is 31.3. The molecule has 0 unspecified atom stereocenters. The summed E-state index contributed by atoms with van der Waals surface area (Å²) >= 11 is 0. The minimum Gasteiger partial charge on any atom is -0.310 e. The van der Waals surface area contributed by atoms with Crippen LogP contribution in [-0.4, -0.2) is 16.1 Å². The fourth-order valence-electron chi connectivity index (χ4n) is 10.6. The van der Waals surface area contributed by atoms with Gasteiger partial charge in [-0.2, -0.15) is 0 Å². The van der Waals surface area contributed by atoms with Crippen molar-refractivity contribution in [2.24, 2.45) is 0 Å². The van der Waals surface area contributed by atoms with Crippen LogP contribution in [0.4, 0.5) is 42.9 Å². The van der Waals surface area contributed by atoms with E-state index in [-0.39, 0.29) is 11.6 Å². The van der Waals surface area contributed by atoms with Crippen LogP contribution < -0.4 is 20.2 Å². The second-order valence-corrected chi connectivity index (χ2v) is 29.8. The van der Waals surface area contributed by atoms with Crippen LogP contribution in [-0.2, 0) is 5.41 Å². The summed E-state index contributed by atoms with van der Waals surface area (Å²) in [5.74, 6) is -0.540. The molecule has 0 heterocycles. The third kappa shape index (κ3) is 6.53. The van der Waals surface area contributed by atoms with Crippen molar-refractivity contribution in [2.75, 3.05) is 9.80 Å². The standard InChI is InChI=1S/C59H50F2N2Si2/c1-64(2,3)46-32-27-42(28-33-46)62(41-23-19-39(60)20-24-41)45-31-36-52-55(37-45)59(53-17-11-9-13-48(53)49-14-10-12-18-54(49)59)56-38-57(50-15-7-8-16-51(50)58(52)56)63(43-25-21-40(61)22-26-43)44-29-34-47(35-30-44)65(4,5)6/h7-38H,1-6H3. The molecule has 0 fully saturated rings. The topological polar surface area (TPSA) is 6.48 Å². The van der Waals surface area contributed by atoms with Crippen LogP contribution >= 0.6 is 0 Å². The third-order valence-electron chi connectivity index (χ3n) is 13.7. The monoisotopic (exact) mass is 880 g/mol. The molecule has 11 rings (SSSR count). The zero-order chi connectivity index (χ0) is 44.8. The van der Waals surface area contributed by atoms with Gasteiger partial charge >= 0.3 is 0 Å². The van der Waals surface area contributed by atoms with Crippen LogP contribution in [0.2, 0.25) is 39.3 Å². The van der Waals surface area contributed by atoms with Gasteiger partial charge < -0.3 is 9.80 Å². The molecule has 0 saturated carbocycles. The maximum atomic E-state index is 14.8. The van der Waals surface area contributed by atoms with Crippen molar-refractivity contribution in [3.63, 3.8) is 0 Å². The fraction of sp³-hybridized carbons (Fsp3) is 0.119. The minimum atomic E-state index is -1.60. The second kappa shape index (κ2) is 15.1. The van der Waals surface area contributed by atoms with Crippen molar-refractivity contribution >= 4 is 71.4 Å². The van der Waals surface area contributed by atoms with Gasteiger partial charge in [-0.3, -0.25) is 0 Å². The van der Waals surface area contributed by atoms with Crippen molar-refractivity contribution in [3.05, 3.63) is 228 Å². The number of hydrogen-bond acceptors (Lipinski definition) is 2. The molecule has 0 N–H and O–H groups in total. The first-order valence-corrected chi connectivity index (χ1v) is 29.6. The molecule has 0 aliphatic heterocycles. The van der Waals surface area contributed by atoms with Crippen LogP contribution in [0.15, 0.2) is 194 Å². The van der Waals surface area contributed by atoms with Gasteiger partial charge in [-0.15, -0.1) is 0 Å². The number of benzene rings is 9. The maximum Gasteiger partial charge on any atom is 0.123 e. The van der Waals surface area contributed by atoms with Crippen LogP contribution in [0.5, 0.6) is 0 Å². The van der Waals surface area contributed by atoms with E-state index >= 15 is 0 Å². The Hall–Kier alpha value is -6.87. The number of nitrogens with zero attached hydrogens (tertiary/aromatic N) is 2. The molecule has 65 heavy (non-hydrogen) atoms. The zero-order valence-electron chi connectivity index (χ0n) is 37.6. The number of halogens is 2. The Kier molecular flexibility index (Phi) is 9.51. The lowest BCUT2D eigenvalue weighted by Crippen LogP contribution is -2.37. The van der Waals surface area contributed by atoms with Gasteiger partial charge in [0.25, 0.3) is 0 Å². The lowest BCUT2D eigenvalue weighted by atomic mass is 9.70. The average molecular weight is 881 g/mol. The Morgan fingerprint density at radius 3 is 1.26 bits per heavy atom. The highest BCUT2D eigenvalue weighted by atomic mass is 28.3. The Balaban J connectivity index is 1.22. The van der Waals surface area contributed by atoms with Crippen LogP contribution in [0.1, 0.15) is 22.3 Å². The minimum absolute atomic E-state index is 0.269. The van der Waals surface area contributed by atoms with Gasteiger partial charge in [-0.05, 0) is 141 Å². The van der Waals surface area contributed by atoms with Crippen molar-refractivity contribution in [2.45, 2.75) is 44.7 Å². The number of hydrogen-bond donors (Lipinski definition) is 0. The van der Waals surface area contributed by atoms with E-state index < -0.39 is 21.6 Å². The highest BCUT2D eigenvalue weighted by Gasteiger charge is 2.52. The van der Waals surface area contributed by atoms with Crippen molar-refractivity contribution in [3.8, 4) is 22.3 Å². The summed E-state index contributed by atoms with van der Waals surface area (Å²) in [5, 5.41) is 5.01. The molecule has 0 atom stereocenters. The predicted octanol–water partition coefficient (Wildman–Crippen LogP) is 15.5. The average Bonchev–Trinajstić information content (AvgIpc) is 3.77. The van der Waals surface area contributed by atoms with Crippen molar-refractivity contribution in [1.29, 1.82) is 0 Å². The van der Waals surface area contributed by atoms with Crippen molar-refractivity contribution < 1.29 is 8.78 Å². The molecule has 318 valence electrons. The largest absolute Gasteiger partial charge is 0.310 e. The molecular weight excluding hydrogens is 831 g/mol. The van der Waals surface area contributed by atoms with Gasteiger partial charge in [0.2, 0.25) is 0 Å². The first kappa shape index (κ1) is 40.9. The van der Waals surface area contributed by atoms with E-state index in [2.05, 4.69) is 195 Å². The molecular formula is C59H50F2N2Si2. The third-order valence-corrected chi connectivity index (χ3v) is 17.8. The van der Waals surface area contributed by atoms with Gasteiger partial charge in [0.05, 0.1) is 27.3 Å². The predicted molar refractivity (Wildman–Crippen MR) is 275 cm³/mol. The summed E-state index contributed by atoms with van der Waals surface area (Å²) in [5.41, 5.74) is 14.8.